The van der Waals surface area contributed by atoms with Crippen LogP contribution in [0.3, 0.4) is 0 Å². The molecule has 3 aromatic rings. The monoisotopic (exact) mass is 478 g/mol. The summed E-state index contributed by atoms with van der Waals surface area (Å²) in [7, 11) is -3.71. The maximum Gasteiger partial charge on any atom is 0.309 e. The summed E-state index contributed by atoms with van der Waals surface area (Å²) in [5, 5.41) is 14.6. The number of carboxylic acid groups (broad SMARTS) is 1. The van der Waals surface area contributed by atoms with Crippen molar-refractivity contribution < 1.29 is 23.1 Å². The van der Waals surface area contributed by atoms with Crippen LogP contribution in [0.5, 0.6) is 5.75 Å². The van der Waals surface area contributed by atoms with Crippen molar-refractivity contribution in [3.8, 4) is 5.75 Å². The van der Waals surface area contributed by atoms with E-state index in [0.717, 1.165) is 0 Å². The van der Waals surface area contributed by atoms with Gasteiger partial charge in [-0.15, -0.1) is 0 Å². The molecule has 0 radical (unpaired) electrons. The highest BCUT2D eigenvalue weighted by Crippen LogP contribution is 2.35. The Morgan fingerprint density at radius 2 is 2.00 bits per heavy atom. The molecule has 0 unspecified atom stereocenters. The molecule has 4 rings (SSSR count). The highest BCUT2D eigenvalue weighted by molar-refractivity contribution is 7.89. The Bertz CT molecular complexity index is 1260. The minimum Gasteiger partial charge on any atom is -0.494 e. The van der Waals surface area contributed by atoms with Crippen LogP contribution in [0.2, 0.25) is 5.15 Å². The van der Waals surface area contributed by atoms with Crippen molar-refractivity contribution in [3.05, 3.63) is 47.4 Å². The van der Waals surface area contributed by atoms with Gasteiger partial charge in [0.15, 0.2) is 0 Å². The zero-order valence-electron chi connectivity index (χ0n) is 17.6. The first-order valence-electron chi connectivity index (χ1n) is 10.2. The highest BCUT2D eigenvalue weighted by Gasteiger charge is 2.39. The lowest BCUT2D eigenvalue weighted by Crippen LogP contribution is -2.29. The van der Waals surface area contributed by atoms with Crippen molar-refractivity contribution in [2.45, 2.75) is 31.2 Å². The number of ether oxygens (including phenoxy) is 1. The first-order valence-corrected chi connectivity index (χ1v) is 12.0. The smallest absolute Gasteiger partial charge is 0.309 e. The number of carbonyl (C=O) groups is 1. The molecule has 1 saturated heterocycles. The molecule has 0 saturated carbocycles. The van der Waals surface area contributed by atoms with Crippen molar-refractivity contribution in [1.29, 1.82) is 0 Å². The number of hydrogen-bond acceptors (Lipinski definition) is 6. The number of pyridine rings is 1. The highest BCUT2D eigenvalue weighted by atomic mass is 35.5. The third-order valence-corrected chi connectivity index (χ3v) is 7.63. The van der Waals surface area contributed by atoms with Crippen molar-refractivity contribution in [2.75, 3.05) is 19.7 Å². The second-order valence-electron chi connectivity index (χ2n) is 7.76. The van der Waals surface area contributed by atoms with Gasteiger partial charge in [-0.05, 0) is 37.1 Å². The van der Waals surface area contributed by atoms with Crippen LogP contribution in [0.15, 0.2) is 41.4 Å². The Labute approximate surface area is 190 Å². The van der Waals surface area contributed by atoms with E-state index in [1.807, 2.05) is 13.8 Å². The van der Waals surface area contributed by atoms with Gasteiger partial charge in [0.05, 0.1) is 35.2 Å². The molecule has 2 atom stereocenters. The summed E-state index contributed by atoms with van der Waals surface area (Å²) in [5.41, 5.74) is 1.01. The molecule has 32 heavy (non-hydrogen) atoms. The first-order chi connectivity index (χ1) is 15.2. The Balaban J connectivity index is 1.66. The average Bonchev–Trinajstić information content (AvgIpc) is 3.29. The van der Waals surface area contributed by atoms with Crippen LogP contribution >= 0.6 is 11.6 Å². The van der Waals surface area contributed by atoms with Crippen LogP contribution in [0.25, 0.3) is 10.9 Å². The quantitative estimate of drug-likeness (QED) is 0.519. The summed E-state index contributed by atoms with van der Waals surface area (Å²) >= 11 is 6.08. The number of rotatable bonds is 7. The second kappa shape index (κ2) is 8.68. The Morgan fingerprint density at radius 1 is 1.28 bits per heavy atom. The van der Waals surface area contributed by atoms with Crippen molar-refractivity contribution >= 4 is 38.5 Å². The number of aliphatic carboxylic acids is 1. The number of nitrogens with zero attached hydrogens (tertiary/aromatic N) is 4. The Morgan fingerprint density at radius 3 is 2.66 bits per heavy atom. The molecule has 1 aromatic carbocycles. The van der Waals surface area contributed by atoms with E-state index in [0.29, 0.717) is 35.5 Å². The third kappa shape index (κ3) is 4.17. The summed E-state index contributed by atoms with van der Waals surface area (Å²) in [4.78, 5) is 15.5. The Kier molecular flexibility index (Phi) is 6.11. The van der Waals surface area contributed by atoms with E-state index in [1.165, 1.54) is 22.6 Å². The summed E-state index contributed by atoms with van der Waals surface area (Å²) < 4.78 is 35.0. The normalized spacial score (nSPS) is 19.5. The maximum atomic E-state index is 13.2. The zero-order valence-corrected chi connectivity index (χ0v) is 19.2. The summed E-state index contributed by atoms with van der Waals surface area (Å²) in [6.45, 7) is 4.83. The fourth-order valence-corrected chi connectivity index (χ4v) is 5.75. The van der Waals surface area contributed by atoms with E-state index in [1.54, 1.807) is 22.9 Å². The van der Waals surface area contributed by atoms with Crippen LogP contribution < -0.4 is 4.74 Å². The number of halogens is 1. The Hall–Kier alpha value is -2.69. The topological polar surface area (TPSA) is 115 Å². The van der Waals surface area contributed by atoms with E-state index in [2.05, 4.69) is 10.1 Å². The van der Waals surface area contributed by atoms with Crippen LogP contribution in [0.1, 0.15) is 25.6 Å². The van der Waals surface area contributed by atoms with E-state index in [9.17, 15) is 18.3 Å². The van der Waals surface area contributed by atoms with E-state index in [-0.39, 0.29) is 35.0 Å². The van der Waals surface area contributed by atoms with E-state index in [4.69, 9.17) is 16.3 Å². The molecule has 0 amide bonds. The minimum atomic E-state index is -3.71. The fraction of sp³-hybridized carbons (Fsp3) is 0.381. The molecular weight excluding hydrogens is 456 g/mol. The van der Waals surface area contributed by atoms with Crippen LogP contribution in [-0.2, 0) is 21.2 Å². The van der Waals surface area contributed by atoms with Gasteiger partial charge in [0.25, 0.3) is 0 Å². The molecule has 170 valence electrons. The molecule has 1 N–H and O–H groups in total. The third-order valence-electron chi connectivity index (χ3n) is 5.58. The summed E-state index contributed by atoms with van der Waals surface area (Å²) in [6.07, 6.45) is 1.25. The largest absolute Gasteiger partial charge is 0.494 e. The number of benzene rings is 1. The maximum absolute atomic E-state index is 13.2. The fourth-order valence-electron chi connectivity index (χ4n) is 4.04. The molecular formula is C21H23ClN4O5S. The molecule has 1 fully saturated rings. The van der Waals surface area contributed by atoms with Crippen molar-refractivity contribution in [1.82, 2.24) is 19.1 Å². The van der Waals surface area contributed by atoms with Crippen molar-refractivity contribution in [2.24, 2.45) is 5.92 Å². The molecule has 2 aromatic heterocycles. The molecule has 1 aliphatic heterocycles. The van der Waals surface area contributed by atoms with Crippen LogP contribution in [0, 0.1) is 5.92 Å². The number of fused-ring (bicyclic) bond motifs is 1. The number of sulfonamides is 1. The molecule has 3 heterocycles. The van der Waals surface area contributed by atoms with Crippen molar-refractivity contribution in [3.63, 3.8) is 0 Å². The standard InChI is InChI=1S/C21H23ClN4O5S/c1-3-31-14-4-6-15(7-5-14)32(29,30)25-11-13(2)19(12-25)26-18-9-20(22)23-10-16(18)17(24-26)8-21(27)28/h4-7,9-10,13,19H,3,8,11-12H2,1-2H3,(H,27,28)/t13-,19-/m0/s1. The van der Waals surface area contributed by atoms with Gasteiger partial charge in [-0.1, -0.05) is 18.5 Å². The molecule has 0 bridgehead atoms. The minimum absolute atomic E-state index is 0.0554. The van der Waals surface area contributed by atoms with E-state index < -0.39 is 16.0 Å². The van der Waals surface area contributed by atoms with Gasteiger partial charge in [-0.25, -0.2) is 13.4 Å². The van der Waals surface area contributed by atoms with Gasteiger partial charge in [0.2, 0.25) is 10.0 Å². The molecule has 1 aliphatic rings. The van der Waals surface area contributed by atoms with Gasteiger partial charge in [0.1, 0.15) is 10.9 Å². The van der Waals surface area contributed by atoms with Gasteiger partial charge in [0, 0.05) is 30.7 Å². The summed E-state index contributed by atoms with van der Waals surface area (Å²) in [6, 6.07) is 7.71. The van der Waals surface area contributed by atoms with Gasteiger partial charge >= 0.3 is 5.97 Å². The van der Waals surface area contributed by atoms with Crippen LogP contribution in [-0.4, -0.2) is 58.3 Å². The zero-order chi connectivity index (χ0) is 23.0. The number of carboxylic acids is 1. The van der Waals surface area contributed by atoms with Gasteiger partial charge in [-0.3, -0.25) is 9.48 Å². The lowest BCUT2D eigenvalue weighted by atomic mass is 10.1. The number of aromatic nitrogens is 3. The average molecular weight is 479 g/mol. The lowest BCUT2D eigenvalue weighted by Gasteiger charge is -2.18. The van der Waals surface area contributed by atoms with Crippen LogP contribution in [0.4, 0.5) is 0 Å². The summed E-state index contributed by atoms with van der Waals surface area (Å²) in [5.74, 6) is -0.454. The number of hydrogen-bond donors (Lipinski definition) is 1. The lowest BCUT2D eigenvalue weighted by molar-refractivity contribution is -0.136. The molecule has 11 heteroatoms. The predicted octanol–water partition coefficient (Wildman–Crippen LogP) is 2.99. The molecule has 0 aliphatic carbocycles. The molecule has 0 spiro atoms. The van der Waals surface area contributed by atoms with Gasteiger partial charge in [-0.2, -0.15) is 9.40 Å². The van der Waals surface area contributed by atoms with E-state index >= 15 is 0 Å². The predicted molar refractivity (Wildman–Crippen MR) is 118 cm³/mol. The second-order valence-corrected chi connectivity index (χ2v) is 10.1. The van der Waals surface area contributed by atoms with Gasteiger partial charge < -0.3 is 9.84 Å². The first kappa shape index (κ1) is 22.5. The molecule has 9 nitrogen and oxygen atoms in total. The SMILES string of the molecule is CCOc1ccc(S(=O)(=O)N2C[C@H](C)[C@@H](n3nc(CC(=O)O)c4cnc(Cl)cc43)C2)cc1.